The zero-order valence-electron chi connectivity index (χ0n) is 16.6. The first kappa shape index (κ1) is 19.6. The number of carbonyl (C=O) groups is 2. The molecule has 2 aliphatic rings. The highest BCUT2D eigenvalue weighted by Gasteiger charge is 2.35. The molecule has 2 aromatic rings. The van der Waals surface area contributed by atoms with Crippen LogP contribution < -0.4 is 0 Å². The molecule has 1 N–H and O–H groups in total. The third kappa shape index (κ3) is 4.85. The number of nitrogens with zero attached hydrogens (tertiary/aromatic N) is 3. The zero-order valence-corrected chi connectivity index (χ0v) is 16.6. The molecule has 154 valence electrons. The first-order valence-electron chi connectivity index (χ1n) is 10.4. The Morgan fingerprint density at radius 2 is 1.93 bits per heavy atom. The summed E-state index contributed by atoms with van der Waals surface area (Å²) in [6, 6.07) is 10.2. The second-order valence-electron chi connectivity index (χ2n) is 7.93. The number of hydrogen-bond donors (Lipinski definition) is 1. The Hall–Kier alpha value is -2.67. The lowest BCUT2D eigenvalue weighted by molar-refractivity contribution is -0.134. The molecule has 1 atom stereocenters. The predicted octanol–water partition coefficient (Wildman–Crippen LogP) is 2.61. The molecule has 0 bridgehead atoms. The number of benzene rings is 1. The van der Waals surface area contributed by atoms with Crippen LogP contribution in [0.15, 0.2) is 42.7 Å². The van der Waals surface area contributed by atoms with Crippen molar-refractivity contribution in [3.8, 4) is 0 Å². The van der Waals surface area contributed by atoms with Gasteiger partial charge in [-0.15, -0.1) is 0 Å². The Balaban J connectivity index is 1.51. The van der Waals surface area contributed by atoms with E-state index in [1.807, 2.05) is 35.2 Å². The first-order chi connectivity index (χ1) is 14.2. The number of aromatic nitrogens is 2. The Morgan fingerprint density at radius 3 is 2.66 bits per heavy atom. The minimum absolute atomic E-state index is 0.0135. The maximum absolute atomic E-state index is 13.1. The maximum Gasteiger partial charge on any atom is 0.257 e. The highest BCUT2D eigenvalue weighted by atomic mass is 16.5. The number of aromatic amines is 1. The van der Waals surface area contributed by atoms with Crippen molar-refractivity contribution < 1.29 is 14.3 Å². The molecule has 1 aliphatic heterocycles. The Labute approximate surface area is 171 Å². The largest absolute Gasteiger partial charge is 0.370 e. The van der Waals surface area contributed by atoms with E-state index in [2.05, 4.69) is 10.2 Å². The Kier molecular flexibility index (Phi) is 6.24. The molecule has 1 aliphatic carbocycles. The van der Waals surface area contributed by atoms with Gasteiger partial charge >= 0.3 is 0 Å². The van der Waals surface area contributed by atoms with E-state index in [0.717, 1.165) is 31.2 Å². The molecule has 29 heavy (non-hydrogen) atoms. The van der Waals surface area contributed by atoms with E-state index in [9.17, 15) is 9.59 Å². The molecule has 1 saturated heterocycles. The maximum atomic E-state index is 13.1. The zero-order chi connectivity index (χ0) is 20.1. The van der Waals surface area contributed by atoms with Gasteiger partial charge in [0.1, 0.15) is 6.54 Å². The summed E-state index contributed by atoms with van der Waals surface area (Å²) in [7, 11) is 0. The molecule has 2 fully saturated rings. The number of rotatable bonds is 5. The van der Waals surface area contributed by atoms with Crippen LogP contribution in [0.25, 0.3) is 0 Å². The molecule has 0 unspecified atom stereocenters. The molecule has 0 spiro atoms. The molecule has 1 aromatic heterocycles. The second-order valence-corrected chi connectivity index (χ2v) is 7.93. The van der Waals surface area contributed by atoms with Gasteiger partial charge in [-0.1, -0.05) is 49.6 Å². The first-order valence-corrected chi connectivity index (χ1v) is 10.4. The molecule has 2 amide bonds. The monoisotopic (exact) mass is 396 g/mol. The van der Waals surface area contributed by atoms with Crippen molar-refractivity contribution in [1.82, 2.24) is 20.0 Å². The van der Waals surface area contributed by atoms with Gasteiger partial charge in [-0.3, -0.25) is 14.7 Å². The third-order valence-corrected chi connectivity index (χ3v) is 5.85. The van der Waals surface area contributed by atoms with Gasteiger partial charge in [-0.2, -0.15) is 5.10 Å². The van der Waals surface area contributed by atoms with Crippen molar-refractivity contribution in [3.05, 3.63) is 53.9 Å². The molecule has 1 saturated carbocycles. The van der Waals surface area contributed by atoms with E-state index in [4.69, 9.17) is 4.74 Å². The summed E-state index contributed by atoms with van der Waals surface area (Å²) in [6.07, 6.45) is 8.45. The molecule has 1 aromatic carbocycles. The SMILES string of the molecule is O=C(c1cn[nH]c1)N1CC(=O)N(C2CCCCC2)C[C@H](OCc2ccccc2)C1. The average molecular weight is 396 g/mol. The topological polar surface area (TPSA) is 78.5 Å². The molecule has 7 nitrogen and oxygen atoms in total. The van der Waals surface area contributed by atoms with E-state index in [0.29, 0.717) is 25.3 Å². The predicted molar refractivity (Wildman–Crippen MR) is 108 cm³/mol. The smallest absolute Gasteiger partial charge is 0.257 e. The fourth-order valence-electron chi connectivity index (χ4n) is 4.29. The van der Waals surface area contributed by atoms with Gasteiger partial charge in [0.05, 0.1) is 24.5 Å². The van der Waals surface area contributed by atoms with E-state index in [-0.39, 0.29) is 30.5 Å². The molecular formula is C22H28N4O3. The van der Waals surface area contributed by atoms with Crippen LogP contribution >= 0.6 is 0 Å². The molecule has 7 heteroatoms. The fraction of sp³-hybridized carbons (Fsp3) is 0.500. The van der Waals surface area contributed by atoms with Crippen LogP contribution in [-0.4, -0.2) is 63.6 Å². The fourth-order valence-corrected chi connectivity index (χ4v) is 4.29. The molecule has 2 heterocycles. The number of hydrogen-bond acceptors (Lipinski definition) is 4. The van der Waals surface area contributed by atoms with Crippen molar-refractivity contribution in [2.75, 3.05) is 19.6 Å². The standard InChI is InChI=1S/C22H28N4O3/c27-21-15-25(22(28)18-11-23-24-12-18)13-20(29-16-17-7-3-1-4-8-17)14-26(21)19-9-5-2-6-10-19/h1,3-4,7-8,11-12,19-20H,2,5-6,9-10,13-16H2,(H,23,24)/t20-/m1/s1. The third-order valence-electron chi connectivity index (χ3n) is 5.85. The van der Waals surface area contributed by atoms with Crippen LogP contribution in [0.5, 0.6) is 0 Å². The van der Waals surface area contributed by atoms with E-state index < -0.39 is 0 Å². The summed E-state index contributed by atoms with van der Waals surface area (Å²) in [4.78, 5) is 29.5. The van der Waals surface area contributed by atoms with Crippen LogP contribution in [0.1, 0.15) is 48.0 Å². The summed E-state index contributed by atoms with van der Waals surface area (Å²) in [5.41, 5.74) is 1.55. The molecule has 4 rings (SSSR count). The van der Waals surface area contributed by atoms with E-state index >= 15 is 0 Å². The van der Waals surface area contributed by atoms with Crippen molar-refractivity contribution in [2.45, 2.75) is 50.9 Å². The summed E-state index contributed by atoms with van der Waals surface area (Å²) in [6.45, 7) is 1.48. The van der Waals surface area contributed by atoms with Crippen LogP contribution in [0.4, 0.5) is 0 Å². The quantitative estimate of drug-likeness (QED) is 0.843. The highest BCUT2D eigenvalue weighted by Crippen LogP contribution is 2.25. The van der Waals surface area contributed by atoms with E-state index in [1.54, 1.807) is 11.1 Å². The van der Waals surface area contributed by atoms with Gasteiger partial charge < -0.3 is 14.5 Å². The minimum Gasteiger partial charge on any atom is -0.370 e. The van der Waals surface area contributed by atoms with Crippen molar-refractivity contribution in [1.29, 1.82) is 0 Å². The second kappa shape index (κ2) is 9.22. The van der Waals surface area contributed by atoms with Gasteiger partial charge in [0.25, 0.3) is 5.91 Å². The summed E-state index contributed by atoms with van der Waals surface area (Å²) >= 11 is 0. The number of ether oxygens (including phenoxy) is 1. The molecular weight excluding hydrogens is 368 g/mol. The Morgan fingerprint density at radius 1 is 1.14 bits per heavy atom. The van der Waals surface area contributed by atoms with Crippen LogP contribution in [0, 0.1) is 0 Å². The van der Waals surface area contributed by atoms with Crippen molar-refractivity contribution in [3.63, 3.8) is 0 Å². The van der Waals surface area contributed by atoms with Gasteiger partial charge in [-0.25, -0.2) is 0 Å². The van der Waals surface area contributed by atoms with Gasteiger partial charge in [0.15, 0.2) is 0 Å². The van der Waals surface area contributed by atoms with Crippen LogP contribution in [0.3, 0.4) is 0 Å². The Bertz CT molecular complexity index is 803. The lowest BCUT2D eigenvalue weighted by Crippen LogP contribution is -2.46. The summed E-state index contributed by atoms with van der Waals surface area (Å²) in [5, 5.41) is 6.54. The van der Waals surface area contributed by atoms with E-state index in [1.165, 1.54) is 12.6 Å². The number of carbonyl (C=O) groups excluding carboxylic acids is 2. The van der Waals surface area contributed by atoms with Crippen LogP contribution in [0.2, 0.25) is 0 Å². The van der Waals surface area contributed by atoms with Crippen molar-refractivity contribution >= 4 is 11.8 Å². The van der Waals surface area contributed by atoms with Crippen LogP contribution in [-0.2, 0) is 16.1 Å². The van der Waals surface area contributed by atoms with Gasteiger partial charge in [0, 0.05) is 25.3 Å². The number of amides is 2. The van der Waals surface area contributed by atoms with Crippen molar-refractivity contribution in [2.24, 2.45) is 0 Å². The number of H-pyrrole nitrogens is 1. The molecule has 0 radical (unpaired) electrons. The lowest BCUT2D eigenvalue weighted by Gasteiger charge is -2.34. The van der Waals surface area contributed by atoms with Gasteiger partial charge in [0.2, 0.25) is 5.91 Å². The lowest BCUT2D eigenvalue weighted by atomic mass is 9.94. The van der Waals surface area contributed by atoms with Gasteiger partial charge in [-0.05, 0) is 18.4 Å². The summed E-state index contributed by atoms with van der Waals surface area (Å²) < 4.78 is 6.20. The summed E-state index contributed by atoms with van der Waals surface area (Å²) in [5.74, 6) is -0.175. The normalized spacial score (nSPS) is 21.2. The minimum atomic E-state index is -0.223. The average Bonchev–Trinajstić information content (AvgIpc) is 3.24. The highest BCUT2D eigenvalue weighted by molar-refractivity contribution is 5.96. The number of nitrogens with one attached hydrogen (secondary N) is 1.